The van der Waals surface area contributed by atoms with Gasteiger partial charge >= 0.3 is 0 Å². The number of amides is 1. The minimum atomic E-state index is -1.29. The molecule has 1 unspecified atom stereocenters. The van der Waals surface area contributed by atoms with Gasteiger partial charge in [0.25, 0.3) is 5.91 Å². The number of nitrogens with zero attached hydrogens (tertiary/aromatic N) is 1. The maximum Gasteiger partial charge on any atom is 0.257 e. The molecule has 0 spiro atoms. The molecule has 104 valence electrons. The van der Waals surface area contributed by atoms with Crippen LogP contribution in [0.3, 0.4) is 0 Å². The molecule has 1 aliphatic heterocycles. The van der Waals surface area contributed by atoms with Gasteiger partial charge in [0.1, 0.15) is 5.82 Å². The molecule has 1 aromatic carbocycles. The van der Waals surface area contributed by atoms with Crippen molar-refractivity contribution in [2.75, 3.05) is 23.3 Å². The Hall–Kier alpha value is -2.06. The number of fused-ring (bicyclic) bond motifs is 1. The lowest BCUT2D eigenvalue weighted by atomic mass is 10.1. The number of anilines is 2. The van der Waals surface area contributed by atoms with Gasteiger partial charge in [0, 0.05) is 17.8 Å². The minimum absolute atomic E-state index is 0.281. The van der Waals surface area contributed by atoms with Crippen molar-refractivity contribution in [1.29, 1.82) is 0 Å². The Kier molecular flexibility index (Phi) is 3.11. The zero-order chi connectivity index (χ0) is 14.3. The van der Waals surface area contributed by atoms with Gasteiger partial charge in [-0.25, -0.2) is 4.39 Å². The van der Waals surface area contributed by atoms with Crippen LogP contribution in [0.2, 0.25) is 0 Å². The first-order chi connectivity index (χ1) is 9.60. The van der Waals surface area contributed by atoms with Crippen LogP contribution in [-0.2, 0) is 4.79 Å². The van der Waals surface area contributed by atoms with E-state index >= 15 is 0 Å². The van der Waals surface area contributed by atoms with E-state index in [9.17, 15) is 14.3 Å². The first-order valence-corrected chi connectivity index (χ1v) is 6.61. The maximum atomic E-state index is 14.2. The fourth-order valence-electron chi connectivity index (χ4n) is 2.47. The number of halogens is 1. The molecule has 0 radical (unpaired) electrons. The summed E-state index contributed by atoms with van der Waals surface area (Å²) in [5.74, 6) is 2.11. The molecule has 4 nitrogen and oxygen atoms in total. The monoisotopic (exact) mass is 274 g/mol. The Morgan fingerprint density at radius 1 is 1.50 bits per heavy atom. The highest BCUT2D eigenvalue weighted by Gasteiger charge is 2.31. The molecule has 5 heteroatoms. The SMILES string of the molecule is C#CCN(CC1CC1)c1cc2c(cc1F)C(O)C(=O)N2. The largest absolute Gasteiger partial charge is 0.378 e. The Labute approximate surface area is 116 Å². The van der Waals surface area contributed by atoms with E-state index in [-0.39, 0.29) is 5.56 Å². The van der Waals surface area contributed by atoms with Crippen LogP contribution in [-0.4, -0.2) is 24.1 Å². The Bertz CT molecular complexity index is 605. The number of benzene rings is 1. The number of hydrogen-bond acceptors (Lipinski definition) is 3. The lowest BCUT2D eigenvalue weighted by Crippen LogP contribution is -2.27. The molecule has 1 amide bonds. The third-order valence-electron chi connectivity index (χ3n) is 3.72. The molecular weight excluding hydrogens is 259 g/mol. The fraction of sp³-hybridized carbons (Fsp3) is 0.400. The first kappa shape index (κ1) is 12.9. The van der Waals surface area contributed by atoms with Crippen molar-refractivity contribution >= 4 is 17.3 Å². The summed E-state index contributed by atoms with van der Waals surface area (Å²) in [7, 11) is 0. The maximum absolute atomic E-state index is 14.2. The zero-order valence-corrected chi connectivity index (χ0v) is 10.9. The molecule has 3 rings (SSSR count). The van der Waals surface area contributed by atoms with Crippen LogP contribution in [0.1, 0.15) is 24.5 Å². The predicted molar refractivity (Wildman–Crippen MR) is 73.8 cm³/mol. The molecule has 0 bridgehead atoms. The van der Waals surface area contributed by atoms with Crippen molar-refractivity contribution in [3.63, 3.8) is 0 Å². The van der Waals surface area contributed by atoms with Crippen molar-refractivity contribution in [2.24, 2.45) is 5.92 Å². The summed E-state index contributed by atoms with van der Waals surface area (Å²) in [6.45, 7) is 1.04. The number of carbonyl (C=O) groups is 1. The summed E-state index contributed by atoms with van der Waals surface area (Å²) < 4.78 is 14.2. The average molecular weight is 274 g/mol. The molecule has 2 N–H and O–H groups in total. The number of carbonyl (C=O) groups excluding carboxylic acids is 1. The van der Waals surface area contributed by atoms with E-state index in [0.717, 1.165) is 19.4 Å². The number of terminal acetylenes is 1. The molecule has 1 fully saturated rings. The van der Waals surface area contributed by atoms with E-state index < -0.39 is 17.8 Å². The van der Waals surface area contributed by atoms with Gasteiger partial charge in [-0.2, -0.15) is 0 Å². The van der Waals surface area contributed by atoms with Crippen molar-refractivity contribution in [3.8, 4) is 12.3 Å². The minimum Gasteiger partial charge on any atom is -0.378 e. The van der Waals surface area contributed by atoms with Gasteiger partial charge in [0.15, 0.2) is 6.10 Å². The summed E-state index contributed by atoms with van der Waals surface area (Å²) in [6.07, 6.45) is 6.34. The molecule has 20 heavy (non-hydrogen) atoms. The first-order valence-electron chi connectivity index (χ1n) is 6.61. The molecule has 0 saturated heterocycles. The van der Waals surface area contributed by atoms with Gasteiger partial charge in [0.2, 0.25) is 0 Å². The van der Waals surface area contributed by atoms with Crippen molar-refractivity contribution in [1.82, 2.24) is 0 Å². The van der Waals surface area contributed by atoms with Crippen LogP contribution >= 0.6 is 0 Å². The van der Waals surface area contributed by atoms with E-state index in [1.165, 1.54) is 6.07 Å². The van der Waals surface area contributed by atoms with Crippen molar-refractivity contribution in [3.05, 3.63) is 23.5 Å². The standard InChI is InChI=1S/C15H15FN2O2/c1-2-5-18(8-9-3-4-9)13-7-12-10(6-11(13)16)14(19)15(20)17-12/h1,6-7,9,14,19H,3-5,8H2,(H,17,20). The van der Waals surface area contributed by atoms with E-state index in [2.05, 4.69) is 11.2 Å². The summed E-state index contributed by atoms with van der Waals surface area (Å²) in [6, 6.07) is 2.77. The molecule has 2 aliphatic rings. The molecule has 1 heterocycles. The molecule has 1 atom stereocenters. The fourth-order valence-corrected chi connectivity index (χ4v) is 2.47. The highest BCUT2D eigenvalue weighted by atomic mass is 19.1. The average Bonchev–Trinajstić information content (AvgIpc) is 3.18. The van der Waals surface area contributed by atoms with Crippen LogP contribution in [0.5, 0.6) is 0 Å². The third-order valence-corrected chi connectivity index (χ3v) is 3.72. The highest BCUT2D eigenvalue weighted by molar-refractivity contribution is 6.02. The van der Waals surface area contributed by atoms with Crippen LogP contribution in [0, 0.1) is 24.1 Å². The molecule has 0 aromatic heterocycles. The van der Waals surface area contributed by atoms with E-state index in [1.54, 1.807) is 6.07 Å². The van der Waals surface area contributed by atoms with Crippen LogP contribution in [0.25, 0.3) is 0 Å². The predicted octanol–water partition coefficient (Wildman–Crippen LogP) is 1.66. The lowest BCUT2D eigenvalue weighted by Gasteiger charge is -2.23. The van der Waals surface area contributed by atoms with Crippen molar-refractivity contribution in [2.45, 2.75) is 18.9 Å². The lowest BCUT2D eigenvalue weighted by molar-refractivity contribution is -0.123. The Morgan fingerprint density at radius 3 is 2.90 bits per heavy atom. The van der Waals surface area contributed by atoms with E-state index in [4.69, 9.17) is 6.42 Å². The second-order valence-corrected chi connectivity index (χ2v) is 5.31. The Morgan fingerprint density at radius 2 is 2.25 bits per heavy atom. The van der Waals surface area contributed by atoms with Crippen LogP contribution in [0.4, 0.5) is 15.8 Å². The number of nitrogens with one attached hydrogen (secondary N) is 1. The van der Waals surface area contributed by atoms with Crippen LogP contribution in [0.15, 0.2) is 12.1 Å². The smallest absolute Gasteiger partial charge is 0.257 e. The highest BCUT2D eigenvalue weighted by Crippen LogP contribution is 2.37. The van der Waals surface area contributed by atoms with Crippen molar-refractivity contribution < 1.29 is 14.3 Å². The van der Waals surface area contributed by atoms with E-state index in [0.29, 0.717) is 23.8 Å². The van der Waals surface area contributed by atoms with Gasteiger partial charge in [-0.15, -0.1) is 6.42 Å². The molecule has 1 aromatic rings. The van der Waals surface area contributed by atoms with Gasteiger partial charge in [-0.1, -0.05) is 5.92 Å². The number of aliphatic hydroxyl groups is 1. The molecular formula is C15H15FN2O2. The number of aliphatic hydroxyl groups excluding tert-OH is 1. The molecule has 1 saturated carbocycles. The number of hydrogen-bond donors (Lipinski definition) is 2. The van der Waals surface area contributed by atoms with Gasteiger partial charge < -0.3 is 15.3 Å². The summed E-state index contributed by atoms with van der Waals surface area (Å²) >= 11 is 0. The third kappa shape index (κ3) is 2.23. The second-order valence-electron chi connectivity index (χ2n) is 5.31. The summed E-state index contributed by atoms with van der Waals surface area (Å²) in [4.78, 5) is 13.2. The zero-order valence-electron chi connectivity index (χ0n) is 10.9. The van der Waals surface area contributed by atoms with Gasteiger partial charge in [-0.3, -0.25) is 4.79 Å². The summed E-state index contributed by atoms with van der Waals surface area (Å²) in [5, 5.41) is 12.2. The van der Waals surface area contributed by atoms with Gasteiger partial charge in [0.05, 0.1) is 12.2 Å². The topological polar surface area (TPSA) is 52.6 Å². The van der Waals surface area contributed by atoms with E-state index in [1.807, 2.05) is 4.90 Å². The molecule has 1 aliphatic carbocycles. The Balaban J connectivity index is 1.94. The second kappa shape index (κ2) is 4.80. The summed E-state index contributed by atoms with van der Waals surface area (Å²) in [5.41, 5.74) is 1.11. The van der Waals surface area contributed by atoms with Gasteiger partial charge in [-0.05, 0) is 30.9 Å². The van der Waals surface area contributed by atoms with Crippen LogP contribution < -0.4 is 10.2 Å². The normalized spacial score (nSPS) is 20.2. The quantitative estimate of drug-likeness (QED) is 0.821. The number of rotatable bonds is 4.